The minimum atomic E-state index is -0.499. The van der Waals surface area contributed by atoms with Gasteiger partial charge >= 0.3 is 5.97 Å². The van der Waals surface area contributed by atoms with Crippen molar-refractivity contribution in [2.45, 2.75) is 53.1 Å². The van der Waals surface area contributed by atoms with Crippen LogP contribution in [0.15, 0.2) is 18.2 Å². The fourth-order valence-corrected chi connectivity index (χ4v) is 1.73. The maximum atomic E-state index is 12.2. The Morgan fingerprint density at radius 2 is 1.89 bits per heavy atom. The molecule has 0 radical (unpaired) electrons. The smallest absolute Gasteiger partial charge is 0.342 e. The van der Waals surface area contributed by atoms with Gasteiger partial charge in [0.2, 0.25) is 0 Å². The average Bonchev–Trinajstić information content (AvgIpc) is 2.33. The van der Waals surface area contributed by atoms with Crippen LogP contribution in [0.5, 0.6) is 5.75 Å². The van der Waals surface area contributed by atoms with E-state index in [1.807, 2.05) is 46.8 Å². The monoisotopic (exact) mass is 264 g/mol. The summed E-state index contributed by atoms with van der Waals surface area (Å²) in [7, 11) is 0. The van der Waals surface area contributed by atoms with Crippen molar-refractivity contribution in [2.75, 3.05) is 6.61 Å². The first-order valence-electron chi connectivity index (χ1n) is 6.87. The molecule has 0 heterocycles. The number of ether oxygens (including phenoxy) is 2. The first-order valence-corrected chi connectivity index (χ1v) is 6.87. The van der Waals surface area contributed by atoms with E-state index in [4.69, 9.17) is 9.47 Å². The third-order valence-electron chi connectivity index (χ3n) is 2.55. The molecule has 0 bridgehead atoms. The molecule has 1 aromatic rings. The third kappa shape index (κ3) is 4.58. The maximum Gasteiger partial charge on any atom is 0.342 e. The van der Waals surface area contributed by atoms with Crippen LogP contribution in [0, 0.1) is 0 Å². The highest BCUT2D eigenvalue weighted by molar-refractivity contribution is 5.93. The highest BCUT2D eigenvalue weighted by Gasteiger charge is 2.22. The van der Waals surface area contributed by atoms with Crippen molar-refractivity contribution in [3.05, 3.63) is 29.3 Å². The number of carbonyl (C=O) groups excluding carboxylic acids is 1. The Balaban J connectivity index is 3.07. The van der Waals surface area contributed by atoms with Gasteiger partial charge in [-0.05, 0) is 45.2 Å². The topological polar surface area (TPSA) is 35.5 Å². The molecule has 0 spiro atoms. The van der Waals surface area contributed by atoms with E-state index in [1.54, 1.807) is 6.07 Å². The molecule has 0 saturated heterocycles. The minimum Gasteiger partial charge on any atom is -0.492 e. The molecule has 0 saturated carbocycles. The van der Waals surface area contributed by atoms with Crippen LogP contribution in [-0.4, -0.2) is 18.2 Å². The van der Waals surface area contributed by atoms with Crippen LogP contribution in [0.25, 0.3) is 0 Å². The molecule has 106 valence electrons. The lowest BCUT2D eigenvalue weighted by atomic mass is 10.1. The second kappa shape index (κ2) is 6.60. The van der Waals surface area contributed by atoms with Crippen LogP contribution < -0.4 is 4.74 Å². The summed E-state index contributed by atoms with van der Waals surface area (Å²) in [4.78, 5) is 12.2. The van der Waals surface area contributed by atoms with E-state index in [9.17, 15) is 4.79 Å². The average molecular weight is 264 g/mol. The van der Waals surface area contributed by atoms with Crippen LogP contribution in [0.2, 0.25) is 0 Å². The van der Waals surface area contributed by atoms with Crippen molar-refractivity contribution in [3.63, 3.8) is 0 Å². The van der Waals surface area contributed by atoms with Gasteiger partial charge in [-0.3, -0.25) is 0 Å². The van der Waals surface area contributed by atoms with E-state index in [0.29, 0.717) is 17.9 Å². The van der Waals surface area contributed by atoms with E-state index in [1.165, 1.54) is 0 Å². The van der Waals surface area contributed by atoms with Crippen LogP contribution in [0.3, 0.4) is 0 Å². The normalized spacial score (nSPS) is 11.2. The Hall–Kier alpha value is -1.51. The highest BCUT2D eigenvalue weighted by Crippen LogP contribution is 2.27. The van der Waals surface area contributed by atoms with Crippen molar-refractivity contribution in [1.82, 2.24) is 0 Å². The fourth-order valence-electron chi connectivity index (χ4n) is 1.73. The number of hydrogen-bond acceptors (Lipinski definition) is 3. The number of carbonyl (C=O) groups is 1. The van der Waals surface area contributed by atoms with Gasteiger partial charge in [0, 0.05) is 0 Å². The van der Waals surface area contributed by atoms with Gasteiger partial charge < -0.3 is 9.47 Å². The Morgan fingerprint density at radius 3 is 2.42 bits per heavy atom. The van der Waals surface area contributed by atoms with Gasteiger partial charge in [0.15, 0.2) is 0 Å². The summed E-state index contributed by atoms with van der Waals surface area (Å²) in [6.07, 6.45) is 1.74. The van der Waals surface area contributed by atoms with Crippen LogP contribution >= 0.6 is 0 Å². The molecule has 19 heavy (non-hydrogen) atoms. The second-order valence-corrected chi connectivity index (χ2v) is 5.50. The first kappa shape index (κ1) is 15.5. The third-order valence-corrected chi connectivity index (χ3v) is 2.55. The molecule has 0 fully saturated rings. The van der Waals surface area contributed by atoms with Crippen molar-refractivity contribution >= 4 is 5.97 Å². The quantitative estimate of drug-likeness (QED) is 0.754. The molecular formula is C16H24O3. The van der Waals surface area contributed by atoms with E-state index < -0.39 is 5.60 Å². The molecule has 0 unspecified atom stereocenters. The molecule has 0 atom stereocenters. The Labute approximate surface area is 115 Å². The Bertz CT molecular complexity index is 430. The van der Waals surface area contributed by atoms with Gasteiger partial charge in [0.25, 0.3) is 0 Å². The first-order chi connectivity index (χ1) is 8.89. The summed E-state index contributed by atoms with van der Waals surface area (Å²) in [5, 5.41) is 0. The summed E-state index contributed by atoms with van der Waals surface area (Å²) < 4.78 is 11.2. The van der Waals surface area contributed by atoms with E-state index in [0.717, 1.165) is 18.4 Å². The van der Waals surface area contributed by atoms with Crippen molar-refractivity contribution < 1.29 is 14.3 Å². The summed E-state index contributed by atoms with van der Waals surface area (Å²) in [5.41, 5.74) is 1.06. The SMILES string of the molecule is CCCOc1c(CC)cccc1C(=O)OC(C)(C)C. The number of hydrogen-bond donors (Lipinski definition) is 0. The highest BCUT2D eigenvalue weighted by atomic mass is 16.6. The van der Waals surface area contributed by atoms with E-state index >= 15 is 0 Å². The van der Waals surface area contributed by atoms with Crippen LogP contribution in [0.1, 0.15) is 57.0 Å². The maximum absolute atomic E-state index is 12.2. The van der Waals surface area contributed by atoms with E-state index in [-0.39, 0.29) is 5.97 Å². The predicted molar refractivity (Wildman–Crippen MR) is 76.8 cm³/mol. The van der Waals surface area contributed by atoms with Gasteiger partial charge in [0.1, 0.15) is 16.9 Å². The van der Waals surface area contributed by atoms with Gasteiger partial charge in [0.05, 0.1) is 6.61 Å². The standard InChI is InChI=1S/C16H24O3/c1-6-11-18-14-12(7-2)9-8-10-13(14)15(17)19-16(3,4)5/h8-10H,6-7,11H2,1-5H3. The summed E-state index contributed by atoms with van der Waals surface area (Å²) >= 11 is 0. The van der Waals surface area contributed by atoms with Gasteiger partial charge in [-0.1, -0.05) is 26.0 Å². The number of aryl methyl sites for hydroxylation is 1. The zero-order chi connectivity index (χ0) is 14.5. The van der Waals surface area contributed by atoms with Gasteiger partial charge in [-0.25, -0.2) is 4.79 Å². The van der Waals surface area contributed by atoms with Crippen molar-refractivity contribution in [2.24, 2.45) is 0 Å². The Morgan fingerprint density at radius 1 is 1.21 bits per heavy atom. The number of rotatable bonds is 5. The molecule has 3 heteroatoms. The molecule has 0 N–H and O–H groups in total. The van der Waals surface area contributed by atoms with Crippen LogP contribution in [-0.2, 0) is 11.2 Å². The zero-order valence-electron chi connectivity index (χ0n) is 12.6. The summed E-state index contributed by atoms with van der Waals surface area (Å²) in [6.45, 7) is 10.3. The van der Waals surface area contributed by atoms with Crippen LogP contribution in [0.4, 0.5) is 0 Å². The molecule has 0 aliphatic carbocycles. The molecule has 3 nitrogen and oxygen atoms in total. The fraction of sp³-hybridized carbons (Fsp3) is 0.562. The largest absolute Gasteiger partial charge is 0.492 e. The second-order valence-electron chi connectivity index (χ2n) is 5.50. The number of para-hydroxylation sites is 1. The van der Waals surface area contributed by atoms with Crippen molar-refractivity contribution in [3.8, 4) is 5.75 Å². The lowest BCUT2D eigenvalue weighted by molar-refractivity contribution is 0.00656. The summed E-state index contributed by atoms with van der Waals surface area (Å²) in [6, 6.07) is 5.62. The van der Waals surface area contributed by atoms with E-state index in [2.05, 4.69) is 0 Å². The lowest BCUT2D eigenvalue weighted by Crippen LogP contribution is -2.24. The molecule has 0 aliphatic heterocycles. The number of esters is 1. The molecule has 0 amide bonds. The Kier molecular flexibility index (Phi) is 5.40. The molecule has 0 aliphatic rings. The van der Waals surface area contributed by atoms with Gasteiger partial charge in [-0.2, -0.15) is 0 Å². The summed E-state index contributed by atoms with van der Waals surface area (Å²) in [5.74, 6) is 0.343. The molecule has 0 aromatic heterocycles. The molecule has 1 rings (SSSR count). The minimum absolute atomic E-state index is 0.325. The molecular weight excluding hydrogens is 240 g/mol. The predicted octanol–water partition coefficient (Wildman–Crippen LogP) is 3.99. The zero-order valence-corrected chi connectivity index (χ0v) is 12.6. The number of benzene rings is 1. The molecule has 1 aromatic carbocycles. The van der Waals surface area contributed by atoms with Crippen molar-refractivity contribution in [1.29, 1.82) is 0 Å². The lowest BCUT2D eigenvalue weighted by Gasteiger charge is -2.21. The van der Waals surface area contributed by atoms with Gasteiger partial charge in [-0.15, -0.1) is 0 Å².